The number of quaternary nitrogens is 1. The van der Waals surface area contributed by atoms with Gasteiger partial charge in [0.2, 0.25) is 0 Å². The Labute approximate surface area is 71.7 Å². The molecule has 0 unspecified atom stereocenters. The van der Waals surface area contributed by atoms with E-state index in [0.29, 0.717) is 0 Å². The first-order valence-electron chi connectivity index (χ1n) is 3.28. The summed E-state index contributed by atoms with van der Waals surface area (Å²) in [5, 5.41) is 0. The molecule has 2 nitrogen and oxygen atoms in total. The Morgan fingerprint density at radius 2 is 2.00 bits per heavy atom. The first kappa shape index (κ1) is 9.65. The van der Waals surface area contributed by atoms with Crippen LogP contribution in [-0.2, 0) is 0 Å². The van der Waals surface area contributed by atoms with Crippen molar-refractivity contribution in [3.63, 3.8) is 0 Å². The molecule has 0 spiro atoms. The average molecular weight is 243 g/mol. The minimum absolute atomic E-state index is 1.10. The van der Waals surface area contributed by atoms with Crippen molar-refractivity contribution < 1.29 is 4.48 Å². The summed E-state index contributed by atoms with van der Waals surface area (Å²) in [7, 11) is 4.49. The zero-order chi connectivity index (χ0) is 7.33. The van der Waals surface area contributed by atoms with E-state index in [1.807, 2.05) is 0 Å². The third-order valence-electron chi connectivity index (χ3n) is 1.67. The zero-order valence-electron chi connectivity index (χ0n) is 6.45. The van der Waals surface area contributed by atoms with Crippen molar-refractivity contribution in [2.24, 2.45) is 0 Å². The highest BCUT2D eigenvalue weighted by Crippen LogP contribution is 1.93. The summed E-state index contributed by atoms with van der Waals surface area (Å²) < 4.78 is 4.22. The molecule has 1 N–H and O–H groups in total. The van der Waals surface area contributed by atoms with Crippen molar-refractivity contribution in [1.82, 2.24) is 3.53 Å². The van der Waals surface area contributed by atoms with Gasteiger partial charge in [-0.25, -0.2) is 0 Å². The average Bonchev–Trinajstić information content (AvgIpc) is 1.84. The Morgan fingerprint density at radius 3 is 2.33 bits per heavy atom. The summed E-state index contributed by atoms with van der Waals surface area (Å²) >= 11 is 2.18. The van der Waals surface area contributed by atoms with Gasteiger partial charge in [-0.1, -0.05) is 0 Å². The lowest BCUT2D eigenvalue weighted by molar-refractivity contribution is -0.887. The smallest absolute Gasteiger partial charge is 0.0917 e. The lowest BCUT2D eigenvalue weighted by Crippen LogP contribution is -2.42. The van der Waals surface area contributed by atoms with Crippen LogP contribution in [0.1, 0.15) is 6.92 Å². The molecular weight excluding hydrogens is 227 g/mol. The topological polar surface area (TPSA) is 12.0 Å². The summed E-state index contributed by atoms with van der Waals surface area (Å²) in [6.45, 7) is 5.73. The summed E-state index contributed by atoms with van der Waals surface area (Å²) in [5.41, 5.74) is 0. The van der Waals surface area contributed by atoms with Gasteiger partial charge in [0.05, 0.1) is 33.7 Å². The first-order valence-corrected chi connectivity index (χ1v) is 4.36. The molecule has 0 atom stereocenters. The molecule has 0 saturated carbocycles. The molecule has 0 rings (SSSR count). The minimum Gasteiger partial charge on any atom is -0.328 e. The number of nitrogens with one attached hydrogen (secondary N) is 1. The van der Waals surface area contributed by atoms with E-state index < -0.39 is 0 Å². The lowest BCUT2D eigenvalue weighted by atomic mass is 10.4. The Bertz CT molecular complexity index is 73.5. The molecule has 0 fully saturated rings. The quantitative estimate of drug-likeness (QED) is 0.441. The van der Waals surface area contributed by atoms with Gasteiger partial charge in [0, 0.05) is 22.9 Å². The van der Waals surface area contributed by atoms with Crippen LogP contribution in [0.2, 0.25) is 0 Å². The summed E-state index contributed by atoms with van der Waals surface area (Å²) in [6, 6.07) is 0. The minimum atomic E-state index is 1.10. The summed E-state index contributed by atoms with van der Waals surface area (Å²) in [6.07, 6.45) is 0. The van der Waals surface area contributed by atoms with E-state index in [-0.39, 0.29) is 0 Å². The Kier molecular flexibility index (Phi) is 4.79. The van der Waals surface area contributed by atoms with Gasteiger partial charge < -0.3 is 4.48 Å². The molecule has 0 aromatic rings. The SMILES string of the molecule is CC[N+](C)(C)CCNI. The predicted molar refractivity (Wildman–Crippen MR) is 49.5 cm³/mol. The van der Waals surface area contributed by atoms with Crippen LogP contribution in [0.15, 0.2) is 0 Å². The van der Waals surface area contributed by atoms with Crippen molar-refractivity contribution in [3.05, 3.63) is 0 Å². The maximum Gasteiger partial charge on any atom is 0.0917 e. The highest BCUT2D eigenvalue weighted by atomic mass is 127. The molecule has 9 heavy (non-hydrogen) atoms. The first-order chi connectivity index (χ1) is 4.12. The van der Waals surface area contributed by atoms with Gasteiger partial charge in [0.25, 0.3) is 0 Å². The van der Waals surface area contributed by atoms with E-state index in [9.17, 15) is 0 Å². The van der Waals surface area contributed by atoms with Crippen LogP contribution in [0.3, 0.4) is 0 Å². The normalized spacial score (nSPS) is 12.0. The maximum absolute atomic E-state index is 3.11. The molecule has 0 aliphatic carbocycles. The van der Waals surface area contributed by atoms with Gasteiger partial charge >= 0.3 is 0 Å². The monoisotopic (exact) mass is 243 g/mol. The summed E-state index contributed by atoms with van der Waals surface area (Å²) in [4.78, 5) is 0. The number of hydrogen-bond donors (Lipinski definition) is 1. The van der Waals surface area contributed by atoms with Gasteiger partial charge in [-0.15, -0.1) is 0 Å². The molecule has 0 amide bonds. The number of hydrogen-bond acceptors (Lipinski definition) is 1. The van der Waals surface area contributed by atoms with Crippen molar-refractivity contribution in [2.45, 2.75) is 6.92 Å². The van der Waals surface area contributed by atoms with Crippen molar-refractivity contribution in [1.29, 1.82) is 0 Å². The molecule has 0 aliphatic heterocycles. The van der Waals surface area contributed by atoms with Crippen LogP contribution in [0.4, 0.5) is 0 Å². The van der Waals surface area contributed by atoms with E-state index in [1.165, 1.54) is 13.1 Å². The standard InChI is InChI=1S/C6H16IN2/c1-4-9(2,3)6-5-8-7/h8H,4-6H2,1-3H3/q+1. The Morgan fingerprint density at radius 1 is 1.44 bits per heavy atom. The Hall–Kier alpha value is 0.650. The highest BCUT2D eigenvalue weighted by Gasteiger charge is 2.08. The third kappa shape index (κ3) is 5.11. The van der Waals surface area contributed by atoms with Crippen LogP contribution >= 0.6 is 22.9 Å². The van der Waals surface area contributed by atoms with Crippen LogP contribution in [0.5, 0.6) is 0 Å². The van der Waals surface area contributed by atoms with E-state index in [1.54, 1.807) is 0 Å². The van der Waals surface area contributed by atoms with E-state index in [0.717, 1.165) is 11.0 Å². The van der Waals surface area contributed by atoms with E-state index in [2.05, 4.69) is 47.4 Å². The molecule has 0 radical (unpaired) electrons. The van der Waals surface area contributed by atoms with Crippen molar-refractivity contribution >= 4 is 22.9 Å². The second-order valence-corrected chi connectivity index (χ2v) is 3.62. The van der Waals surface area contributed by atoms with Crippen molar-refractivity contribution in [3.8, 4) is 0 Å². The van der Waals surface area contributed by atoms with Crippen LogP contribution in [0, 0.1) is 0 Å². The van der Waals surface area contributed by atoms with E-state index in [4.69, 9.17) is 0 Å². The molecule has 0 aromatic carbocycles. The third-order valence-corrected chi connectivity index (χ3v) is 2.21. The fourth-order valence-electron chi connectivity index (χ4n) is 0.503. The molecule has 0 heterocycles. The van der Waals surface area contributed by atoms with Gasteiger partial charge in [0.15, 0.2) is 0 Å². The predicted octanol–water partition coefficient (Wildman–Crippen LogP) is 1.02. The molecule has 3 heteroatoms. The van der Waals surface area contributed by atoms with Crippen LogP contribution < -0.4 is 3.53 Å². The van der Waals surface area contributed by atoms with Crippen LogP contribution in [0.25, 0.3) is 0 Å². The molecule has 0 bridgehead atoms. The second-order valence-electron chi connectivity index (χ2n) is 2.86. The summed E-state index contributed by atoms with van der Waals surface area (Å²) in [5.74, 6) is 0. The van der Waals surface area contributed by atoms with Gasteiger partial charge in [0.1, 0.15) is 0 Å². The molecule has 0 aliphatic rings. The fraction of sp³-hybridized carbons (Fsp3) is 1.00. The largest absolute Gasteiger partial charge is 0.328 e. The van der Waals surface area contributed by atoms with Gasteiger partial charge in [-0.2, -0.15) is 0 Å². The highest BCUT2D eigenvalue weighted by molar-refractivity contribution is 14.1. The number of likely N-dealkylation sites (N-methyl/N-ethyl adjacent to an activating group) is 1. The van der Waals surface area contributed by atoms with E-state index >= 15 is 0 Å². The molecule has 0 saturated heterocycles. The lowest BCUT2D eigenvalue weighted by Gasteiger charge is -2.27. The number of rotatable bonds is 4. The molecule has 0 aromatic heterocycles. The Balaban J connectivity index is 3.33. The van der Waals surface area contributed by atoms with Gasteiger partial charge in [-0.3, -0.25) is 3.53 Å². The second kappa shape index (κ2) is 4.46. The number of nitrogens with zero attached hydrogens (tertiary/aromatic N) is 1. The zero-order valence-corrected chi connectivity index (χ0v) is 8.60. The fourth-order valence-corrected chi connectivity index (χ4v) is 0.744. The molecule has 56 valence electrons. The van der Waals surface area contributed by atoms with Crippen LogP contribution in [-0.4, -0.2) is 38.2 Å². The number of halogens is 1. The van der Waals surface area contributed by atoms with Gasteiger partial charge in [-0.05, 0) is 6.92 Å². The molecular formula is C6H16IN2+. The van der Waals surface area contributed by atoms with Crippen molar-refractivity contribution in [2.75, 3.05) is 33.7 Å². The maximum atomic E-state index is 3.11.